The molecule has 31 heavy (non-hydrogen) atoms. The van der Waals surface area contributed by atoms with Crippen LogP contribution in [0.3, 0.4) is 0 Å². The molecule has 4 aromatic rings. The van der Waals surface area contributed by atoms with Gasteiger partial charge in [0.2, 0.25) is 0 Å². The summed E-state index contributed by atoms with van der Waals surface area (Å²) in [6.07, 6.45) is 1.65. The topological polar surface area (TPSA) is 118 Å². The smallest absolute Gasteiger partial charge is 0.330 e. The lowest BCUT2D eigenvalue weighted by atomic mass is 10.1. The van der Waals surface area contributed by atoms with E-state index in [1.807, 2.05) is 13.0 Å². The van der Waals surface area contributed by atoms with Crippen molar-refractivity contribution >= 4 is 38.2 Å². The zero-order valence-electron chi connectivity index (χ0n) is 16.9. The minimum absolute atomic E-state index is 0.127. The summed E-state index contributed by atoms with van der Waals surface area (Å²) in [7, 11) is 2.97. The molecule has 2 aromatic heterocycles. The maximum atomic E-state index is 13.2. The minimum Gasteiger partial charge on any atom is -0.397 e. The zero-order chi connectivity index (χ0) is 22.6. The average molecular weight is 484 g/mol. The first-order chi connectivity index (χ1) is 14.6. The Balaban J connectivity index is 2.25. The van der Waals surface area contributed by atoms with Crippen LogP contribution in [0, 0.1) is 17.0 Å². The fourth-order valence-corrected chi connectivity index (χ4v) is 4.13. The molecule has 4 rings (SSSR count). The highest BCUT2D eigenvalue weighted by Gasteiger charge is 2.24. The van der Waals surface area contributed by atoms with Gasteiger partial charge >= 0.3 is 5.69 Å². The van der Waals surface area contributed by atoms with Crippen LogP contribution in [0.25, 0.3) is 27.8 Å². The highest BCUT2D eigenvalue weighted by Crippen LogP contribution is 2.38. The Hall–Kier alpha value is -3.66. The summed E-state index contributed by atoms with van der Waals surface area (Å²) in [5, 5.41) is 11.7. The van der Waals surface area contributed by atoms with Gasteiger partial charge in [0.05, 0.1) is 32.9 Å². The van der Waals surface area contributed by atoms with Crippen molar-refractivity contribution < 1.29 is 4.92 Å². The normalized spacial score (nSPS) is 11.2. The monoisotopic (exact) mass is 483 g/mol. The van der Waals surface area contributed by atoms with Gasteiger partial charge in [0.1, 0.15) is 0 Å². The number of nitro groups is 1. The molecule has 10 heteroatoms. The van der Waals surface area contributed by atoms with Crippen LogP contribution in [0.2, 0.25) is 0 Å². The van der Waals surface area contributed by atoms with Gasteiger partial charge in [0.15, 0.2) is 0 Å². The van der Waals surface area contributed by atoms with Crippen LogP contribution in [-0.4, -0.2) is 18.6 Å². The number of halogens is 1. The number of hydrogen-bond acceptors (Lipinski definition) is 5. The molecule has 0 aliphatic rings. The van der Waals surface area contributed by atoms with Gasteiger partial charge in [-0.1, -0.05) is 22.0 Å². The van der Waals surface area contributed by atoms with E-state index in [1.54, 1.807) is 36.0 Å². The van der Waals surface area contributed by atoms with Gasteiger partial charge in [0.25, 0.3) is 11.2 Å². The van der Waals surface area contributed by atoms with E-state index in [4.69, 9.17) is 5.73 Å². The number of fused-ring (bicyclic) bond motifs is 1. The van der Waals surface area contributed by atoms with Gasteiger partial charge in [-0.05, 0) is 30.7 Å². The number of nitro benzene ring substituents is 1. The Morgan fingerprint density at radius 2 is 1.77 bits per heavy atom. The first-order valence-corrected chi connectivity index (χ1v) is 10.0. The van der Waals surface area contributed by atoms with Crippen LogP contribution >= 0.6 is 15.9 Å². The summed E-state index contributed by atoms with van der Waals surface area (Å²) >= 11 is 3.46. The summed E-state index contributed by atoms with van der Waals surface area (Å²) in [5.41, 5.74) is 8.40. The third-order valence-corrected chi connectivity index (χ3v) is 5.99. The van der Waals surface area contributed by atoms with E-state index in [9.17, 15) is 19.7 Å². The molecule has 0 saturated carbocycles. The van der Waals surface area contributed by atoms with E-state index in [2.05, 4.69) is 15.9 Å². The second-order valence-corrected chi connectivity index (χ2v) is 8.15. The van der Waals surface area contributed by atoms with E-state index in [0.717, 1.165) is 10.1 Å². The third-order valence-electron chi connectivity index (χ3n) is 5.30. The van der Waals surface area contributed by atoms with Gasteiger partial charge < -0.3 is 10.3 Å². The molecule has 0 aliphatic heterocycles. The molecule has 0 atom stereocenters. The highest BCUT2D eigenvalue weighted by molar-refractivity contribution is 9.10. The van der Waals surface area contributed by atoms with E-state index < -0.39 is 16.2 Å². The van der Waals surface area contributed by atoms with E-state index in [0.29, 0.717) is 32.6 Å². The summed E-state index contributed by atoms with van der Waals surface area (Å²) in [5.74, 6) is 0. The molecular formula is C21H18BrN5O4. The molecule has 2 N–H and O–H groups in total. The molecule has 2 aromatic carbocycles. The fraction of sp³-hybridized carbons (Fsp3) is 0.143. The zero-order valence-corrected chi connectivity index (χ0v) is 18.5. The fourth-order valence-electron chi connectivity index (χ4n) is 3.70. The van der Waals surface area contributed by atoms with E-state index >= 15 is 0 Å². The SMILES string of the molecule is Cc1ccc(-n2cc3c(c2-c2cc([N+](=O)[O-])ccc2Br)c(=O)n(C)c(=O)n3C)c(N)c1. The maximum absolute atomic E-state index is 13.2. The number of benzene rings is 2. The van der Waals surface area contributed by atoms with Crippen LogP contribution in [0.5, 0.6) is 0 Å². The van der Waals surface area contributed by atoms with Crippen molar-refractivity contribution in [3.05, 3.63) is 83.6 Å². The van der Waals surface area contributed by atoms with Crippen LogP contribution in [0.4, 0.5) is 11.4 Å². The lowest BCUT2D eigenvalue weighted by Crippen LogP contribution is -2.36. The van der Waals surface area contributed by atoms with Crippen LogP contribution in [0.15, 0.2) is 56.7 Å². The Morgan fingerprint density at radius 1 is 1.06 bits per heavy atom. The number of non-ortho nitro benzene ring substituents is 1. The molecule has 0 radical (unpaired) electrons. The van der Waals surface area contributed by atoms with Crippen LogP contribution in [-0.2, 0) is 14.1 Å². The van der Waals surface area contributed by atoms with Crippen molar-refractivity contribution in [2.24, 2.45) is 14.1 Å². The second-order valence-electron chi connectivity index (χ2n) is 7.30. The van der Waals surface area contributed by atoms with Crippen molar-refractivity contribution in [2.45, 2.75) is 6.92 Å². The van der Waals surface area contributed by atoms with Gasteiger partial charge in [0, 0.05) is 42.5 Å². The summed E-state index contributed by atoms with van der Waals surface area (Å²) in [6.45, 7) is 1.91. The molecule has 0 fully saturated rings. The van der Waals surface area contributed by atoms with Gasteiger partial charge in [-0.25, -0.2) is 4.79 Å². The quantitative estimate of drug-likeness (QED) is 0.272. The molecule has 9 nitrogen and oxygen atoms in total. The standard InChI is InChI=1S/C21H18BrN5O4/c1-11-4-7-16(15(23)8-11)26-10-17-18(20(28)25(3)21(29)24(17)2)19(26)13-9-12(27(30)31)5-6-14(13)22/h4-10H,23H2,1-3H3. The van der Waals surface area contributed by atoms with Gasteiger partial charge in [-0.15, -0.1) is 0 Å². The highest BCUT2D eigenvalue weighted by atomic mass is 79.9. The van der Waals surface area contributed by atoms with Crippen LogP contribution < -0.4 is 17.0 Å². The summed E-state index contributed by atoms with van der Waals surface area (Å²) < 4.78 is 4.64. The van der Waals surface area contributed by atoms with Gasteiger partial charge in [-0.2, -0.15) is 0 Å². The largest absolute Gasteiger partial charge is 0.397 e. The number of hydrogen-bond donors (Lipinski definition) is 1. The molecule has 0 unspecified atom stereocenters. The van der Waals surface area contributed by atoms with E-state index in [-0.39, 0.29) is 11.1 Å². The average Bonchev–Trinajstić information content (AvgIpc) is 3.11. The first-order valence-electron chi connectivity index (χ1n) is 9.23. The van der Waals surface area contributed by atoms with Crippen LogP contribution in [0.1, 0.15) is 5.56 Å². The number of aryl methyl sites for hydroxylation is 2. The second kappa shape index (κ2) is 7.24. The number of rotatable bonds is 3. The number of aromatic nitrogens is 3. The Bertz CT molecular complexity index is 1510. The Morgan fingerprint density at radius 3 is 2.42 bits per heavy atom. The molecular weight excluding hydrogens is 466 g/mol. The number of nitrogens with two attached hydrogens (primary N) is 1. The Kier molecular flexibility index (Phi) is 4.81. The van der Waals surface area contributed by atoms with E-state index in [1.165, 1.54) is 23.7 Å². The van der Waals surface area contributed by atoms with Crippen molar-refractivity contribution in [1.29, 1.82) is 0 Å². The molecule has 0 amide bonds. The Labute approximate surface area is 184 Å². The molecule has 0 saturated heterocycles. The van der Waals surface area contributed by atoms with Crippen molar-refractivity contribution in [1.82, 2.24) is 13.7 Å². The van der Waals surface area contributed by atoms with Gasteiger partial charge in [-0.3, -0.25) is 24.0 Å². The van der Waals surface area contributed by atoms with Crippen molar-refractivity contribution in [3.63, 3.8) is 0 Å². The molecule has 0 spiro atoms. The molecule has 0 bridgehead atoms. The minimum atomic E-state index is -0.504. The third kappa shape index (κ3) is 3.15. The van der Waals surface area contributed by atoms with Crippen molar-refractivity contribution in [3.8, 4) is 16.9 Å². The predicted molar refractivity (Wildman–Crippen MR) is 123 cm³/mol. The first kappa shape index (κ1) is 20.6. The number of nitrogens with zero attached hydrogens (tertiary/aromatic N) is 4. The predicted octanol–water partition coefficient (Wildman–Crippen LogP) is 3.26. The number of anilines is 1. The molecule has 158 valence electrons. The maximum Gasteiger partial charge on any atom is 0.330 e. The lowest BCUT2D eigenvalue weighted by Gasteiger charge is -2.14. The lowest BCUT2D eigenvalue weighted by molar-refractivity contribution is -0.384. The molecule has 0 aliphatic carbocycles. The van der Waals surface area contributed by atoms with Crippen molar-refractivity contribution in [2.75, 3.05) is 5.73 Å². The summed E-state index contributed by atoms with van der Waals surface area (Å²) in [4.78, 5) is 36.6. The summed E-state index contributed by atoms with van der Waals surface area (Å²) in [6, 6.07) is 9.80. The number of nitrogen functional groups attached to an aromatic ring is 1. The molecule has 2 heterocycles.